The number of aromatic carboxylic acids is 1. The van der Waals surface area contributed by atoms with E-state index in [1.54, 1.807) is 30.3 Å². The second-order valence-electron chi connectivity index (χ2n) is 10.1. The standard InChI is InChI=1S/C29H27N3O5/c33-26-8-4-7-24-21-11-19(15-32(24)26)14-31(16-21)27(29(36)37)23-17-30(13-18-5-2-1-3-6-18)25-10-9-20(28(34)35)12-22(23)25/h1-10,12,17,19,21,27H,11,13-16H2,(H,34,35)(H,36,37)/t19-,21+,27-/m1/s1. The summed E-state index contributed by atoms with van der Waals surface area (Å²) >= 11 is 0. The summed E-state index contributed by atoms with van der Waals surface area (Å²) in [4.78, 5) is 39.0. The van der Waals surface area contributed by atoms with Crippen LogP contribution >= 0.6 is 0 Å². The summed E-state index contributed by atoms with van der Waals surface area (Å²) in [7, 11) is 0. The average Bonchev–Trinajstić information content (AvgIpc) is 3.22. The van der Waals surface area contributed by atoms with E-state index < -0.39 is 18.0 Å². The lowest BCUT2D eigenvalue weighted by molar-refractivity contribution is -0.144. The van der Waals surface area contributed by atoms with Gasteiger partial charge in [0.2, 0.25) is 0 Å². The molecule has 2 bridgehead atoms. The minimum Gasteiger partial charge on any atom is -0.480 e. The number of fused-ring (bicyclic) bond motifs is 5. The van der Waals surface area contributed by atoms with Crippen LogP contribution in [-0.2, 0) is 17.9 Å². The van der Waals surface area contributed by atoms with Crippen LogP contribution in [0.1, 0.15) is 45.6 Å². The predicted octanol–water partition coefficient (Wildman–Crippen LogP) is 3.79. The SMILES string of the molecule is O=C(O)c1ccc2c(c1)c([C@H](C(=O)O)N1C[C@H]3C[C@@H](C1)c1cccc(=O)n1C3)cn2Cc1ccccc1. The Bertz CT molecular complexity index is 1570. The van der Waals surface area contributed by atoms with Crippen molar-refractivity contribution in [3.8, 4) is 0 Å². The zero-order valence-corrected chi connectivity index (χ0v) is 20.2. The molecule has 8 nitrogen and oxygen atoms in total. The average molecular weight is 498 g/mol. The van der Waals surface area contributed by atoms with Gasteiger partial charge in [0.05, 0.1) is 5.56 Å². The van der Waals surface area contributed by atoms with E-state index >= 15 is 0 Å². The van der Waals surface area contributed by atoms with Gasteiger partial charge in [0, 0.05) is 66.5 Å². The van der Waals surface area contributed by atoms with Gasteiger partial charge in [-0.3, -0.25) is 14.5 Å². The molecule has 8 heteroatoms. The number of benzene rings is 2. The minimum atomic E-state index is -1.05. The fourth-order valence-electron chi connectivity index (χ4n) is 6.22. The van der Waals surface area contributed by atoms with Gasteiger partial charge in [-0.2, -0.15) is 0 Å². The Morgan fingerprint density at radius 1 is 0.946 bits per heavy atom. The first-order valence-electron chi connectivity index (χ1n) is 12.5. The van der Waals surface area contributed by atoms with Crippen LogP contribution in [0, 0.1) is 5.92 Å². The van der Waals surface area contributed by atoms with E-state index in [1.807, 2.05) is 56.6 Å². The Balaban J connectivity index is 1.44. The van der Waals surface area contributed by atoms with Gasteiger partial charge < -0.3 is 19.3 Å². The van der Waals surface area contributed by atoms with Crippen LogP contribution in [0.5, 0.6) is 0 Å². The number of aliphatic carboxylic acids is 1. The minimum absolute atomic E-state index is 0.0133. The highest BCUT2D eigenvalue weighted by molar-refractivity contribution is 5.96. The number of carbonyl (C=O) groups is 2. The van der Waals surface area contributed by atoms with E-state index in [4.69, 9.17) is 0 Å². The Morgan fingerprint density at radius 3 is 2.51 bits per heavy atom. The first-order valence-corrected chi connectivity index (χ1v) is 12.5. The van der Waals surface area contributed by atoms with Crippen LogP contribution in [0.3, 0.4) is 0 Å². The van der Waals surface area contributed by atoms with Crippen LogP contribution in [0.25, 0.3) is 10.9 Å². The molecule has 0 aliphatic carbocycles. The zero-order chi connectivity index (χ0) is 25.7. The summed E-state index contributed by atoms with van der Waals surface area (Å²) in [6, 6.07) is 19.2. The molecule has 3 atom stereocenters. The highest BCUT2D eigenvalue weighted by Gasteiger charge is 2.40. The summed E-state index contributed by atoms with van der Waals surface area (Å²) in [5.41, 5.74) is 3.52. The van der Waals surface area contributed by atoms with Gasteiger partial charge in [0.25, 0.3) is 5.56 Å². The van der Waals surface area contributed by atoms with Crippen molar-refractivity contribution in [2.45, 2.75) is 31.5 Å². The monoisotopic (exact) mass is 497 g/mol. The third kappa shape index (κ3) is 4.13. The van der Waals surface area contributed by atoms with Crippen molar-refractivity contribution < 1.29 is 19.8 Å². The molecule has 0 radical (unpaired) electrons. The molecule has 2 N–H and O–H groups in total. The molecule has 1 fully saturated rings. The molecule has 0 saturated carbocycles. The maximum atomic E-state index is 12.8. The summed E-state index contributed by atoms with van der Waals surface area (Å²) in [5, 5.41) is 20.8. The van der Waals surface area contributed by atoms with E-state index in [9.17, 15) is 24.6 Å². The Labute approximate surface area is 213 Å². The quantitative estimate of drug-likeness (QED) is 0.420. The van der Waals surface area contributed by atoms with E-state index in [-0.39, 0.29) is 23.0 Å². The number of hydrogen-bond acceptors (Lipinski definition) is 4. The van der Waals surface area contributed by atoms with Crippen LogP contribution in [0.2, 0.25) is 0 Å². The molecule has 2 aliphatic heterocycles. The number of rotatable bonds is 6. The third-order valence-corrected chi connectivity index (χ3v) is 7.76. The number of carboxylic acid groups (broad SMARTS) is 2. The van der Waals surface area contributed by atoms with Gasteiger partial charge in [-0.05, 0) is 42.2 Å². The molecular formula is C29H27N3O5. The van der Waals surface area contributed by atoms with Gasteiger partial charge >= 0.3 is 11.9 Å². The molecule has 0 amide bonds. The molecule has 2 aromatic carbocycles. The van der Waals surface area contributed by atoms with Crippen molar-refractivity contribution >= 4 is 22.8 Å². The fourth-order valence-corrected chi connectivity index (χ4v) is 6.22. The molecule has 37 heavy (non-hydrogen) atoms. The van der Waals surface area contributed by atoms with Gasteiger partial charge in [-0.1, -0.05) is 36.4 Å². The van der Waals surface area contributed by atoms with Gasteiger partial charge in [-0.15, -0.1) is 0 Å². The van der Waals surface area contributed by atoms with Gasteiger partial charge in [-0.25, -0.2) is 4.79 Å². The molecule has 0 unspecified atom stereocenters. The van der Waals surface area contributed by atoms with E-state index in [0.29, 0.717) is 37.1 Å². The first-order chi connectivity index (χ1) is 17.9. The third-order valence-electron chi connectivity index (χ3n) is 7.76. The van der Waals surface area contributed by atoms with E-state index in [2.05, 4.69) is 0 Å². The number of piperidine rings is 1. The number of hydrogen-bond donors (Lipinski definition) is 2. The number of carboxylic acids is 2. The summed E-state index contributed by atoms with van der Waals surface area (Å²) in [6.07, 6.45) is 2.79. The number of likely N-dealkylation sites (tertiary alicyclic amines) is 1. The van der Waals surface area contributed by atoms with Crippen molar-refractivity contribution in [1.82, 2.24) is 14.0 Å². The number of pyridine rings is 1. The second-order valence-corrected chi connectivity index (χ2v) is 10.1. The van der Waals surface area contributed by atoms with Crippen LogP contribution in [0.4, 0.5) is 0 Å². The molecule has 0 spiro atoms. The van der Waals surface area contributed by atoms with Crippen molar-refractivity contribution in [2.24, 2.45) is 5.92 Å². The predicted molar refractivity (Wildman–Crippen MR) is 138 cm³/mol. The first kappa shape index (κ1) is 23.2. The topological polar surface area (TPSA) is 105 Å². The maximum Gasteiger partial charge on any atom is 0.335 e. The van der Waals surface area contributed by atoms with Crippen molar-refractivity contribution in [3.05, 3.63) is 106 Å². The van der Waals surface area contributed by atoms with Crippen molar-refractivity contribution in [1.29, 1.82) is 0 Å². The lowest BCUT2D eigenvalue weighted by Gasteiger charge is -2.44. The normalized spacial score (nSPS) is 19.9. The molecule has 6 rings (SSSR count). The lowest BCUT2D eigenvalue weighted by atomic mass is 9.82. The maximum absolute atomic E-state index is 12.8. The Morgan fingerprint density at radius 2 is 1.76 bits per heavy atom. The fraction of sp³-hybridized carbons (Fsp3) is 0.276. The van der Waals surface area contributed by atoms with E-state index in [1.165, 1.54) is 0 Å². The molecule has 4 heterocycles. The Hall–Kier alpha value is -4.17. The summed E-state index contributed by atoms with van der Waals surface area (Å²) in [5.74, 6) is -1.79. The molecule has 4 aromatic rings. The van der Waals surface area contributed by atoms with Gasteiger partial charge in [0.15, 0.2) is 0 Å². The van der Waals surface area contributed by atoms with Crippen molar-refractivity contribution in [2.75, 3.05) is 13.1 Å². The van der Waals surface area contributed by atoms with E-state index in [0.717, 1.165) is 23.2 Å². The van der Waals surface area contributed by atoms with Crippen molar-refractivity contribution in [3.63, 3.8) is 0 Å². The molecular weight excluding hydrogens is 470 g/mol. The van der Waals surface area contributed by atoms with Crippen LogP contribution < -0.4 is 5.56 Å². The summed E-state index contributed by atoms with van der Waals surface area (Å²) < 4.78 is 3.83. The smallest absolute Gasteiger partial charge is 0.335 e. The second kappa shape index (κ2) is 9.05. The number of nitrogens with zero attached hydrogens (tertiary/aromatic N) is 3. The highest BCUT2D eigenvalue weighted by Crippen LogP contribution is 2.40. The zero-order valence-electron chi connectivity index (χ0n) is 20.2. The number of aromatic nitrogens is 2. The molecule has 1 saturated heterocycles. The molecule has 2 aliphatic rings. The van der Waals surface area contributed by atoms with Gasteiger partial charge in [0.1, 0.15) is 6.04 Å². The molecule has 188 valence electrons. The van der Waals surface area contributed by atoms with Crippen LogP contribution in [-0.4, -0.2) is 49.3 Å². The Kier molecular flexibility index (Phi) is 5.68. The molecule has 2 aromatic heterocycles. The largest absolute Gasteiger partial charge is 0.480 e. The lowest BCUT2D eigenvalue weighted by Crippen LogP contribution is -2.49. The summed E-state index contributed by atoms with van der Waals surface area (Å²) in [6.45, 7) is 2.18. The highest BCUT2D eigenvalue weighted by atomic mass is 16.4. The van der Waals surface area contributed by atoms with Crippen LogP contribution in [0.15, 0.2) is 77.7 Å².